The van der Waals surface area contributed by atoms with Gasteiger partial charge in [0.15, 0.2) is 0 Å². The van der Waals surface area contributed by atoms with Gasteiger partial charge < -0.3 is 4.74 Å². The van der Waals surface area contributed by atoms with Crippen LogP contribution in [0.15, 0.2) is 0 Å². The van der Waals surface area contributed by atoms with Gasteiger partial charge in [0, 0.05) is 12.8 Å². The Morgan fingerprint density at radius 2 is 1.86 bits per heavy atom. The molecule has 14 heavy (non-hydrogen) atoms. The van der Waals surface area contributed by atoms with Crippen LogP contribution in [0.25, 0.3) is 0 Å². The van der Waals surface area contributed by atoms with E-state index in [2.05, 4.69) is 4.74 Å². The normalized spacial score (nSPS) is 20.9. The minimum atomic E-state index is -4.57. The van der Waals surface area contributed by atoms with Crippen LogP contribution < -0.4 is 0 Å². The zero-order valence-corrected chi connectivity index (χ0v) is 7.34. The Balaban J connectivity index is 2.65. The Morgan fingerprint density at radius 1 is 1.36 bits per heavy atom. The summed E-state index contributed by atoms with van der Waals surface area (Å²) in [5.74, 6) is -1.01. The highest BCUT2D eigenvalue weighted by Crippen LogP contribution is 2.37. The van der Waals surface area contributed by atoms with Crippen LogP contribution >= 0.6 is 0 Å². The van der Waals surface area contributed by atoms with Gasteiger partial charge in [0.05, 0.1) is 0 Å². The van der Waals surface area contributed by atoms with Crippen LogP contribution in [0.3, 0.4) is 0 Å². The van der Waals surface area contributed by atoms with Crippen molar-refractivity contribution >= 4 is 5.97 Å². The van der Waals surface area contributed by atoms with Crippen molar-refractivity contribution in [1.82, 2.24) is 0 Å². The van der Waals surface area contributed by atoms with Crippen LogP contribution in [0, 0.1) is 31.6 Å². The summed E-state index contributed by atoms with van der Waals surface area (Å²) < 4.78 is 41.3. The van der Waals surface area contributed by atoms with Crippen molar-refractivity contribution < 1.29 is 22.7 Å². The number of halogens is 3. The fourth-order valence-corrected chi connectivity index (χ4v) is 1.05. The average Bonchev–Trinajstić information content (AvgIpc) is 2.49. The van der Waals surface area contributed by atoms with Crippen LogP contribution in [-0.4, -0.2) is 18.2 Å². The lowest BCUT2D eigenvalue weighted by atomic mass is 10.0. The van der Waals surface area contributed by atoms with Gasteiger partial charge in [-0.15, -0.1) is 0 Å². The molecule has 0 heterocycles. The van der Waals surface area contributed by atoms with Gasteiger partial charge in [-0.2, -0.15) is 13.2 Å². The Morgan fingerprint density at radius 3 is 2.21 bits per heavy atom. The molecule has 0 saturated heterocycles. The van der Waals surface area contributed by atoms with Crippen molar-refractivity contribution in [2.45, 2.75) is 19.2 Å². The number of alkyl halides is 3. The van der Waals surface area contributed by atoms with E-state index in [1.807, 2.05) is 0 Å². The molecule has 0 aliphatic heterocycles. The minimum absolute atomic E-state index is 0.0623. The Hall–Kier alpha value is -0.740. The number of esters is 1. The molecule has 0 amide bonds. The molecule has 2 nitrogen and oxygen atoms in total. The first kappa shape index (κ1) is 11.3. The lowest BCUT2D eigenvalue weighted by molar-refractivity contribution is -0.213. The second-order valence-corrected chi connectivity index (χ2v) is 2.75. The van der Waals surface area contributed by atoms with Gasteiger partial charge in [-0.3, -0.25) is 4.79 Å². The molecule has 5 heteroatoms. The first-order valence-corrected chi connectivity index (χ1v) is 3.87. The smallest absolute Gasteiger partial charge is 0.426 e. The molecular formula is C9H8F3O2. The first-order chi connectivity index (χ1) is 6.41. The molecule has 0 spiro atoms. The van der Waals surface area contributed by atoms with E-state index in [-0.39, 0.29) is 5.92 Å². The first-order valence-electron chi connectivity index (χ1n) is 3.87. The van der Waals surface area contributed by atoms with Crippen molar-refractivity contribution in [2.24, 2.45) is 0 Å². The minimum Gasteiger partial charge on any atom is -0.452 e. The topological polar surface area (TPSA) is 26.3 Å². The highest BCUT2D eigenvalue weighted by Gasteiger charge is 2.48. The molecule has 1 unspecified atom stereocenters. The van der Waals surface area contributed by atoms with Crippen LogP contribution in [0.1, 0.15) is 6.92 Å². The monoisotopic (exact) mass is 205 g/mol. The van der Waals surface area contributed by atoms with E-state index in [0.29, 0.717) is 0 Å². The molecule has 1 atom stereocenters. The highest BCUT2D eigenvalue weighted by molar-refractivity contribution is 5.66. The van der Waals surface area contributed by atoms with Crippen LogP contribution in [0.4, 0.5) is 13.2 Å². The molecule has 1 aliphatic carbocycles. The predicted octanol–water partition coefficient (Wildman–Crippen LogP) is 1.89. The van der Waals surface area contributed by atoms with Gasteiger partial charge in [-0.05, 0) is 25.7 Å². The van der Waals surface area contributed by atoms with Crippen LogP contribution in [0.5, 0.6) is 0 Å². The summed E-state index contributed by atoms with van der Waals surface area (Å²) in [6.45, 7) is 0.946. The van der Waals surface area contributed by atoms with Crippen molar-refractivity contribution in [3.05, 3.63) is 31.6 Å². The molecule has 1 rings (SSSR count). The van der Waals surface area contributed by atoms with E-state index < -0.39 is 18.2 Å². The summed E-state index contributed by atoms with van der Waals surface area (Å²) in [7, 11) is 0. The van der Waals surface area contributed by atoms with E-state index in [4.69, 9.17) is 0 Å². The number of carbonyl (C=O) groups is 1. The summed E-state index contributed by atoms with van der Waals surface area (Å²) in [6, 6.07) is 0. The molecule has 1 saturated carbocycles. The average molecular weight is 205 g/mol. The fourth-order valence-electron chi connectivity index (χ4n) is 1.05. The van der Waals surface area contributed by atoms with Gasteiger partial charge in [0.2, 0.25) is 6.10 Å². The third kappa shape index (κ3) is 2.89. The van der Waals surface area contributed by atoms with Crippen molar-refractivity contribution in [3.8, 4) is 0 Å². The van der Waals surface area contributed by atoms with Crippen LogP contribution in [-0.2, 0) is 9.53 Å². The Kier molecular flexibility index (Phi) is 3.39. The van der Waals surface area contributed by atoms with E-state index in [1.165, 1.54) is 25.7 Å². The standard InChI is InChI=1S/C9H8F3O2/c1-6(13)14-8(9(10,11)12)7-4-2-3-5-7/h2-5,8H,1H3. The van der Waals surface area contributed by atoms with Gasteiger partial charge in [-0.1, -0.05) is 0 Å². The third-order valence-electron chi connectivity index (χ3n) is 1.57. The number of hydrogen-bond acceptors (Lipinski definition) is 2. The number of rotatable bonds is 2. The summed E-state index contributed by atoms with van der Waals surface area (Å²) >= 11 is 0. The second-order valence-electron chi connectivity index (χ2n) is 2.75. The maximum Gasteiger partial charge on any atom is 0.426 e. The molecule has 0 aromatic rings. The number of carbonyl (C=O) groups excluding carboxylic acids is 1. The van der Waals surface area contributed by atoms with Crippen molar-refractivity contribution in [1.29, 1.82) is 0 Å². The molecule has 1 aliphatic rings. The summed E-state index contributed by atoms with van der Waals surface area (Å²) in [5.41, 5.74) is 0. The zero-order valence-electron chi connectivity index (χ0n) is 7.34. The number of hydrogen-bond donors (Lipinski definition) is 0. The molecule has 0 aromatic heterocycles. The fraction of sp³-hybridized carbons (Fsp3) is 0.333. The molecule has 0 N–H and O–H groups in total. The third-order valence-corrected chi connectivity index (χ3v) is 1.57. The van der Waals surface area contributed by atoms with Gasteiger partial charge in [0.25, 0.3) is 0 Å². The van der Waals surface area contributed by atoms with E-state index in [0.717, 1.165) is 6.92 Å². The maximum atomic E-state index is 12.4. The lowest BCUT2D eigenvalue weighted by Gasteiger charge is -2.24. The Labute approximate surface area is 80.4 Å². The largest absolute Gasteiger partial charge is 0.452 e. The molecular weight excluding hydrogens is 197 g/mol. The summed E-state index contributed by atoms with van der Waals surface area (Å²) in [4.78, 5) is 10.5. The summed E-state index contributed by atoms with van der Waals surface area (Å²) in [5, 5.41) is 0. The predicted molar refractivity (Wildman–Crippen MR) is 42.1 cm³/mol. The molecule has 0 aromatic carbocycles. The van der Waals surface area contributed by atoms with Gasteiger partial charge in [0.1, 0.15) is 0 Å². The quantitative estimate of drug-likeness (QED) is 0.643. The Bertz CT molecular complexity index is 207. The lowest BCUT2D eigenvalue weighted by Crippen LogP contribution is -2.38. The number of ether oxygens (including phenoxy) is 1. The van der Waals surface area contributed by atoms with Crippen LogP contribution in [0.2, 0.25) is 0 Å². The van der Waals surface area contributed by atoms with E-state index in [9.17, 15) is 18.0 Å². The maximum absolute atomic E-state index is 12.4. The van der Waals surface area contributed by atoms with E-state index in [1.54, 1.807) is 0 Å². The van der Waals surface area contributed by atoms with Crippen molar-refractivity contribution in [2.75, 3.05) is 0 Å². The molecule has 0 bridgehead atoms. The zero-order chi connectivity index (χ0) is 10.8. The SMILES string of the molecule is CC(=O)OC([C]1[CH][CH][CH][CH]1)C(F)(F)F. The second kappa shape index (κ2) is 4.19. The molecule has 1 fully saturated rings. The molecule has 77 valence electrons. The highest BCUT2D eigenvalue weighted by atomic mass is 19.4. The van der Waals surface area contributed by atoms with Gasteiger partial charge in [-0.25, -0.2) is 0 Å². The van der Waals surface area contributed by atoms with E-state index >= 15 is 0 Å². The van der Waals surface area contributed by atoms with Gasteiger partial charge >= 0.3 is 12.1 Å². The summed E-state index contributed by atoms with van der Waals surface area (Å²) in [6.07, 6.45) is -1.29. The molecule has 5 radical (unpaired) electrons. The van der Waals surface area contributed by atoms with Crippen molar-refractivity contribution in [3.63, 3.8) is 0 Å².